The molecule has 2 aromatic carbocycles. The van der Waals surface area contributed by atoms with Gasteiger partial charge in [0.1, 0.15) is 0 Å². The summed E-state index contributed by atoms with van der Waals surface area (Å²) in [6.45, 7) is 0. The number of carbonyl (C=O) groups excluding carboxylic acids is 1. The number of ketones is 1. The Morgan fingerprint density at radius 1 is 0.464 bits per heavy atom. The maximum atomic E-state index is 13.8. The Balaban J connectivity index is 1.86. The number of thiophene rings is 2. The van der Waals surface area contributed by atoms with Crippen molar-refractivity contribution in [3.63, 3.8) is 0 Å². The topological polar surface area (TPSA) is 17.1 Å². The number of carbonyl (C=O) groups is 1. The molecule has 0 fully saturated rings. The molecule has 0 spiro atoms. The average Bonchev–Trinajstić information content (AvgIpc) is 3.49. The zero-order valence-corrected chi connectivity index (χ0v) is 16.6. The number of benzene rings is 2. The molecule has 0 aliphatic heterocycles. The minimum Gasteiger partial charge on any atom is -0.289 e. The average molecular weight is 397 g/mol. The molecule has 0 amide bonds. The second-order valence-corrected chi connectivity index (χ2v) is 8.41. The maximum Gasteiger partial charge on any atom is 0.195 e. The van der Waals surface area contributed by atoms with E-state index in [1.807, 2.05) is 72.8 Å². The van der Waals surface area contributed by atoms with Gasteiger partial charge in [-0.15, -0.1) is 22.7 Å². The van der Waals surface area contributed by atoms with Crippen molar-refractivity contribution in [2.24, 2.45) is 0 Å². The zero-order valence-electron chi connectivity index (χ0n) is 15.0. The van der Waals surface area contributed by atoms with Crippen molar-refractivity contribution in [3.05, 3.63) is 117 Å². The Labute approximate surface area is 171 Å². The summed E-state index contributed by atoms with van der Waals surface area (Å²) in [5.41, 5.74) is 5.63. The largest absolute Gasteiger partial charge is 0.289 e. The Bertz CT molecular complexity index is 1080. The molecule has 1 nitrogen and oxygen atoms in total. The first-order chi connectivity index (χ1) is 13.8. The van der Waals surface area contributed by atoms with Gasteiger partial charge in [-0.25, -0.2) is 0 Å². The van der Waals surface area contributed by atoms with E-state index in [0.29, 0.717) is 0 Å². The lowest BCUT2D eigenvalue weighted by atomic mass is 9.96. The minimum absolute atomic E-state index is 0.101. The van der Waals surface area contributed by atoms with Gasteiger partial charge in [0, 0.05) is 32.0 Å². The third-order valence-electron chi connectivity index (χ3n) is 4.86. The molecule has 0 saturated carbocycles. The Morgan fingerprint density at radius 3 is 1.25 bits per heavy atom. The molecule has 0 bridgehead atoms. The zero-order chi connectivity index (χ0) is 18.9. The third kappa shape index (κ3) is 2.80. The van der Waals surface area contributed by atoms with Gasteiger partial charge in [-0.1, -0.05) is 72.8 Å². The van der Waals surface area contributed by atoms with E-state index in [0.717, 1.165) is 43.2 Å². The van der Waals surface area contributed by atoms with Gasteiger partial charge in [-0.2, -0.15) is 0 Å². The highest BCUT2D eigenvalue weighted by molar-refractivity contribution is 7.13. The first kappa shape index (κ1) is 17.1. The van der Waals surface area contributed by atoms with Crippen LogP contribution in [0.1, 0.15) is 20.9 Å². The van der Waals surface area contributed by atoms with Crippen molar-refractivity contribution in [1.29, 1.82) is 0 Å². The van der Waals surface area contributed by atoms with Crippen LogP contribution in [0.4, 0.5) is 0 Å². The van der Waals surface area contributed by atoms with Gasteiger partial charge in [0.15, 0.2) is 5.78 Å². The smallest absolute Gasteiger partial charge is 0.195 e. The van der Waals surface area contributed by atoms with E-state index < -0.39 is 0 Å². The number of hydrogen-bond acceptors (Lipinski definition) is 3. The van der Waals surface area contributed by atoms with Crippen molar-refractivity contribution in [3.8, 4) is 0 Å². The summed E-state index contributed by atoms with van der Waals surface area (Å²) >= 11 is 3.36. The van der Waals surface area contributed by atoms with E-state index in [1.54, 1.807) is 22.7 Å². The van der Waals surface area contributed by atoms with Crippen LogP contribution in [0.2, 0.25) is 0 Å². The highest BCUT2D eigenvalue weighted by Gasteiger charge is 2.36. The van der Waals surface area contributed by atoms with Crippen molar-refractivity contribution in [1.82, 2.24) is 0 Å². The molecule has 5 rings (SSSR count). The van der Waals surface area contributed by atoms with Gasteiger partial charge in [-0.05, 0) is 34.0 Å². The maximum absolute atomic E-state index is 13.8. The van der Waals surface area contributed by atoms with E-state index >= 15 is 0 Å². The molecule has 0 unspecified atom stereocenters. The second-order valence-electron chi connectivity index (χ2n) is 6.52. The van der Waals surface area contributed by atoms with Crippen LogP contribution in [0.3, 0.4) is 0 Å². The summed E-state index contributed by atoms with van der Waals surface area (Å²) in [6, 6.07) is 28.4. The number of rotatable bonds is 4. The molecule has 134 valence electrons. The SMILES string of the molecule is O=C1C(c2ccccc2)=C(c2cccs2)C(c2cccs2)=C1c1ccccc1. The molecule has 2 heterocycles. The lowest BCUT2D eigenvalue weighted by Gasteiger charge is -2.09. The first-order valence-electron chi connectivity index (χ1n) is 9.07. The minimum atomic E-state index is 0.101. The molecule has 2 aromatic heterocycles. The summed E-state index contributed by atoms with van der Waals surface area (Å²) in [6.07, 6.45) is 0. The van der Waals surface area contributed by atoms with E-state index in [-0.39, 0.29) is 5.78 Å². The standard InChI is InChI=1S/C25H16OS2/c26-25-21(17-9-3-1-4-10-17)23(19-13-7-15-27-19)24(20-14-8-16-28-20)22(25)18-11-5-2-6-12-18/h1-16H. The van der Waals surface area contributed by atoms with Crippen LogP contribution in [0.25, 0.3) is 22.3 Å². The van der Waals surface area contributed by atoms with Gasteiger partial charge in [0.2, 0.25) is 0 Å². The fourth-order valence-corrected chi connectivity index (χ4v) is 5.26. The lowest BCUT2D eigenvalue weighted by molar-refractivity contribution is -0.108. The Kier molecular flexibility index (Phi) is 4.40. The van der Waals surface area contributed by atoms with Crippen molar-refractivity contribution < 1.29 is 4.79 Å². The summed E-state index contributed by atoms with van der Waals surface area (Å²) in [4.78, 5) is 16.1. The van der Waals surface area contributed by atoms with Crippen LogP contribution >= 0.6 is 22.7 Å². The van der Waals surface area contributed by atoms with Crippen LogP contribution in [-0.4, -0.2) is 5.78 Å². The van der Waals surface area contributed by atoms with E-state index in [4.69, 9.17) is 0 Å². The molecule has 0 N–H and O–H groups in total. The predicted octanol–water partition coefficient (Wildman–Crippen LogP) is 6.91. The molecule has 1 aliphatic rings. The normalized spacial score (nSPS) is 14.2. The van der Waals surface area contributed by atoms with Crippen LogP contribution < -0.4 is 0 Å². The van der Waals surface area contributed by atoms with Crippen LogP contribution in [0, 0.1) is 0 Å². The molecule has 0 saturated heterocycles. The van der Waals surface area contributed by atoms with Gasteiger partial charge in [-0.3, -0.25) is 4.79 Å². The molecule has 4 aromatic rings. The predicted molar refractivity (Wildman–Crippen MR) is 120 cm³/mol. The van der Waals surface area contributed by atoms with Crippen LogP contribution in [-0.2, 0) is 4.79 Å². The molecular weight excluding hydrogens is 380 g/mol. The van der Waals surface area contributed by atoms with Gasteiger partial charge in [0.25, 0.3) is 0 Å². The van der Waals surface area contributed by atoms with E-state index in [1.165, 1.54) is 0 Å². The number of hydrogen-bond donors (Lipinski definition) is 0. The molecule has 0 radical (unpaired) electrons. The van der Waals surface area contributed by atoms with Crippen molar-refractivity contribution in [2.75, 3.05) is 0 Å². The quantitative estimate of drug-likeness (QED) is 0.366. The van der Waals surface area contributed by atoms with Gasteiger partial charge >= 0.3 is 0 Å². The Morgan fingerprint density at radius 2 is 0.893 bits per heavy atom. The lowest BCUT2D eigenvalue weighted by Crippen LogP contribution is -2.01. The fraction of sp³-hybridized carbons (Fsp3) is 0. The van der Waals surface area contributed by atoms with E-state index in [9.17, 15) is 4.79 Å². The summed E-state index contributed by atoms with van der Waals surface area (Å²) in [5, 5.41) is 4.14. The summed E-state index contributed by atoms with van der Waals surface area (Å²) in [5.74, 6) is 0.101. The molecule has 1 aliphatic carbocycles. The van der Waals surface area contributed by atoms with E-state index in [2.05, 4.69) is 22.9 Å². The number of Topliss-reactive ketones (excluding diaryl/α,β-unsaturated/α-hetero) is 1. The fourth-order valence-electron chi connectivity index (χ4n) is 3.70. The van der Waals surface area contributed by atoms with Crippen LogP contribution in [0.15, 0.2) is 95.7 Å². The van der Waals surface area contributed by atoms with Crippen molar-refractivity contribution in [2.45, 2.75) is 0 Å². The molecule has 28 heavy (non-hydrogen) atoms. The highest BCUT2D eigenvalue weighted by atomic mass is 32.1. The monoisotopic (exact) mass is 396 g/mol. The number of allylic oxidation sites excluding steroid dienone is 4. The van der Waals surface area contributed by atoms with Crippen LogP contribution in [0.5, 0.6) is 0 Å². The molecular formula is C25H16OS2. The van der Waals surface area contributed by atoms with Gasteiger partial charge in [0.05, 0.1) is 0 Å². The summed E-state index contributed by atoms with van der Waals surface area (Å²) in [7, 11) is 0. The second kappa shape index (κ2) is 7.19. The van der Waals surface area contributed by atoms with Gasteiger partial charge < -0.3 is 0 Å². The first-order valence-corrected chi connectivity index (χ1v) is 10.8. The molecule has 0 atom stereocenters. The highest BCUT2D eigenvalue weighted by Crippen LogP contribution is 2.51. The van der Waals surface area contributed by atoms with Crippen molar-refractivity contribution >= 4 is 50.7 Å². The Hall–Kier alpha value is -3.01. The third-order valence-corrected chi connectivity index (χ3v) is 6.64. The molecule has 3 heteroatoms. The summed E-state index contributed by atoms with van der Waals surface area (Å²) < 4.78 is 0.